The number of ether oxygens (including phenoxy) is 1. The first-order valence-corrected chi connectivity index (χ1v) is 7.37. The molecule has 2 nitrogen and oxygen atoms in total. The zero-order valence-electron chi connectivity index (χ0n) is 14.0. The lowest BCUT2D eigenvalue weighted by Gasteiger charge is -2.09. The van der Waals surface area contributed by atoms with Crippen molar-refractivity contribution in [2.24, 2.45) is 0 Å². The van der Waals surface area contributed by atoms with E-state index in [4.69, 9.17) is 4.74 Å². The van der Waals surface area contributed by atoms with Crippen molar-refractivity contribution in [2.75, 3.05) is 0 Å². The second-order valence-corrected chi connectivity index (χ2v) is 3.58. The quantitative estimate of drug-likeness (QED) is 0.384. The third-order valence-corrected chi connectivity index (χ3v) is 2.30. The summed E-state index contributed by atoms with van der Waals surface area (Å²) in [6, 6.07) is 7.67. The van der Waals surface area contributed by atoms with E-state index in [0.29, 0.717) is 5.76 Å². The van der Waals surface area contributed by atoms with Crippen LogP contribution in [0.25, 0.3) is 0 Å². The molecule has 1 rings (SSSR count). The van der Waals surface area contributed by atoms with Gasteiger partial charge in [-0.1, -0.05) is 64.6 Å². The number of hydrogen-bond acceptors (Lipinski definition) is 2. The van der Waals surface area contributed by atoms with Crippen molar-refractivity contribution in [3.63, 3.8) is 0 Å². The SMILES string of the molecule is C=C/C(CC=O)=C(\C=C)Oc1ccc(C)cc1.CC.CC. The van der Waals surface area contributed by atoms with Crippen molar-refractivity contribution in [3.05, 3.63) is 66.5 Å². The first-order valence-electron chi connectivity index (χ1n) is 7.37. The fourth-order valence-electron chi connectivity index (χ4n) is 1.35. The summed E-state index contributed by atoms with van der Waals surface area (Å²) in [5, 5.41) is 0. The van der Waals surface area contributed by atoms with Crippen LogP contribution in [0.3, 0.4) is 0 Å². The highest BCUT2D eigenvalue weighted by Gasteiger charge is 2.03. The Bertz CT molecular complexity index is 439. The van der Waals surface area contributed by atoms with E-state index >= 15 is 0 Å². The minimum atomic E-state index is 0.275. The van der Waals surface area contributed by atoms with E-state index in [1.54, 1.807) is 12.2 Å². The number of carbonyl (C=O) groups excluding carboxylic acids is 1. The minimum Gasteiger partial charge on any atom is -0.457 e. The highest BCUT2D eigenvalue weighted by molar-refractivity contribution is 5.57. The van der Waals surface area contributed by atoms with Gasteiger partial charge in [-0.05, 0) is 25.1 Å². The Morgan fingerprint density at radius 1 is 1.05 bits per heavy atom. The molecule has 0 amide bonds. The van der Waals surface area contributed by atoms with Gasteiger partial charge >= 0.3 is 0 Å². The molecule has 0 fully saturated rings. The number of allylic oxidation sites excluding steroid dienone is 3. The highest BCUT2D eigenvalue weighted by Crippen LogP contribution is 2.18. The molecule has 21 heavy (non-hydrogen) atoms. The van der Waals surface area contributed by atoms with Crippen molar-refractivity contribution < 1.29 is 9.53 Å². The van der Waals surface area contributed by atoms with Gasteiger partial charge in [0.05, 0.1) is 0 Å². The maximum absolute atomic E-state index is 10.5. The van der Waals surface area contributed by atoms with Crippen LogP contribution in [0, 0.1) is 6.92 Å². The van der Waals surface area contributed by atoms with Crippen molar-refractivity contribution in [1.82, 2.24) is 0 Å². The van der Waals surface area contributed by atoms with Crippen molar-refractivity contribution in [2.45, 2.75) is 41.0 Å². The van der Waals surface area contributed by atoms with Gasteiger partial charge in [-0.25, -0.2) is 0 Å². The maximum Gasteiger partial charge on any atom is 0.130 e. The molecular formula is C19H28O2. The smallest absolute Gasteiger partial charge is 0.130 e. The second-order valence-electron chi connectivity index (χ2n) is 3.58. The van der Waals surface area contributed by atoms with Crippen LogP contribution in [0.15, 0.2) is 60.9 Å². The Hall–Kier alpha value is -2.09. The second kappa shape index (κ2) is 14.3. The molecule has 0 aromatic heterocycles. The lowest BCUT2D eigenvalue weighted by Crippen LogP contribution is -1.97. The number of aryl methyl sites for hydroxylation is 1. The van der Waals surface area contributed by atoms with Crippen LogP contribution in [0.5, 0.6) is 5.75 Å². The van der Waals surface area contributed by atoms with Gasteiger partial charge < -0.3 is 9.53 Å². The fraction of sp³-hybridized carbons (Fsp3) is 0.316. The zero-order chi connectivity index (χ0) is 16.7. The fourth-order valence-corrected chi connectivity index (χ4v) is 1.35. The van der Waals surface area contributed by atoms with Gasteiger partial charge in [0.25, 0.3) is 0 Å². The number of hydrogen-bond donors (Lipinski definition) is 0. The summed E-state index contributed by atoms with van der Waals surface area (Å²) >= 11 is 0. The topological polar surface area (TPSA) is 26.3 Å². The number of aldehydes is 1. The van der Waals surface area contributed by atoms with E-state index in [1.807, 2.05) is 58.9 Å². The predicted octanol–water partition coefficient (Wildman–Crippen LogP) is 5.64. The van der Waals surface area contributed by atoms with E-state index < -0.39 is 0 Å². The summed E-state index contributed by atoms with van der Waals surface area (Å²) < 4.78 is 5.66. The van der Waals surface area contributed by atoms with E-state index in [0.717, 1.165) is 17.6 Å². The Morgan fingerprint density at radius 2 is 1.57 bits per heavy atom. The summed E-state index contributed by atoms with van der Waals surface area (Å²) in [7, 11) is 0. The molecule has 0 spiro atoms. The van der Waals surface area contributed by atoms with Crippen molar-refractivity contribution in [1.29, 1.82) is 0 Å². The molecule has 0 atom stereocenters. The molecule has 0 saturated heterocycles. The maximum atomic E-state index is 10.5. The zero-order valence-corrected chi connectivity index (χ0v) is 14.0. The van der Waals surface area contributed by atoms with Crippen LogP contribution < -0.4 is 4.74 Å². The molecule has 1 aromatic carbocycles. The van der Waals surface area contributed by atoms with Crippen molar-refractivity contribution in [3.8, 4) is 5.75 Å². The molecule has 0 radical (unpaired) electrons. The van der Waals surface area contributed by atoms with Gasteiger partial charge in [0, 0.05) is 12.0 Å². The van der Waals surface area contributed by atoms with Crippen LogP contribution in [0.2, 0.25) is 0 Å². The van der Waals surface area contributed by atoms with Gasteiger partial charge in [0.2, 0.25) is 0 Å². The predicted molar refractivity (Wildman–Crippen MR) is 92.6 cm³/mol. The number of rotatable bonds is 6. The van der Waals surface area contributed by atoms with Crippen LogP contribution in [-0.4, -0.2) is 6.29 Å². The largest absolute Gasteiger partial charge is 0.457 e. The van der Waals surface area contributed by atoms with E-state index in [-0.39, 0.29) is 6.42 Å². The Morgan fingerprint density at radius 3 is 1.95 bits per heavy atom. The first kappa shape index (κ1) is 21.2. The number of carbonyl (C=O) groups is 1. The molecule has 0 unspecified atom stereocenters. The minimum absolute atomic E-state index is 0.275. The third-order valence-electron chi connectivity index (χ3n) is 2.30. The molecule has 1 aromatic rings. The summed E-state index contributed by atoms with van der Waals surface area (Å²) in [5.41, 5.74) is 1.90. The van der Waals surface area contributed by atoms with Gasteiger partial charge in [0.1, 0.15) is 17.8 Å². The molecule has 0 aliphatic carbocycles. The van der Waals surface area contributed by atoms with Crippen LogP contribution in [-0.2, 0) is 4.79 Å². The van der Waals surface area contributed by atoms with Crippen molar-refractivity contribution >= 4 is 6.29 Å². The summed E-state index contributed by atoms with van der Waals surface area (Å²) in [4.78, 5) is 10.5. The lowest BCUT2D eigenvalue weighted by molar-refractivity contribution is -0.107. The lowest BCUT2D eigenvalue weighted by atomic mass is 10.1. The standard InChI is InChI=1S/C15H16O2.2C2H6/c1-4-13(10-11-16)15(5-2)17-14-8-6-12(3)7-9-14;2*1-2/h4-9,11H,1-2,10H2,3H3;2*1-2H3/b15-13-;;. The molecule has 0 aliphatic heterocycles. The van der Waals surface area contributed by atoms with E-state index in [2.05, 4.69) is 13.2 Å². The van der Waals surface area contributed by atoms with Crippen LogP contribution in [0.4, 0.5) is 0 Å². The molecule has 2 heteroatoms. The molecule has 0 saturated carbocycles. The summed E-state index contributed by atoms with van der Waals surface area (Å²) in [6.45, 7) is 17.3. The first-order chi connectivity index (χ1) is 10.2. The molecule has 0 aliphatic rings. The van der Waals surface area contributed by atoms with Gasteiger partial charge in [-0.2, -0.15) is 0 Å². The average molecular weight is 288 g/mol. The van der Waals surface area contributed by atoms with E-state index in [1.165, 1.54) is 5.56 Å². The van der Waals surface area contributed by atoms with Gasteiger partial charge in [0.15, 0.2) is 0 Å². The van der Waals surface area contributed by atoms with Crippen LogP contribution in [0.1, 0.15) is 39.7 Å². The third kappa shape index (κ3) is 8.64. The normalized spacial score (nSPS) is 9.76. The molecule has 0 bridgehead atoms. The van der Waals surface area contributed by atoms with E-state index in [9.17, 15) is 4.79 Å². The highest BCUT2D eigenvalue weighted by atomic mass is 16.5. The Kier molecular flexibility index (Phi) is 14.5. The summed E-state index contributed by atoms with van der Waals surface area (Å²) in [6.07, 6.45) is 4.29. The Labute approximate surface area is 129 Å². The molecular weight excluding hydrogens is 260 g/mol. The van der Waals surface area contributed by atoms with Gasteiger partial charge in [-0.3, -0.25) is 0 Å². The summed E-state index contributed by atoms with van der Waals surface area (Å²) in [5.74, 6) is 1.28. The molecule has 0 heterocycles. The monoisotopic (exact) mass is 288 g/mol. The number of benzene rings is 1. The van der Waals surface area contributed by atoms with Crippen LogP contribution >= 0.6 is 0 Å². The molecule has 116 valence electrons. The average Bonchev–Trinajstić information content (AvgIpc) is 2.56. The van der Waals surface area contributed by atoms with Gasteiger partial charge in [-0.15, -0.1) is 0 Å². The molecule has 0 N–H and O–H groups in total. The Balaban J connectivity index is 0.